The van der Waals surface area contributed by atoms with Gasteiger partial charge >= 0.3 is 0 Å². The van der Waals surface area contributed by atoms with Crippen molar-refractivity contribution in [3.63, 3.8) is 0 Å². The number of ether oxygens (including phenoxy) is 1. The quantitative estimate of drug-likeness (QED) is 0.847. The van der Waals surface area contributed by atoms with Crippen LogP contribution in [0.5, 0.6) is 0 Å². The fraction of sp³-hybridized carbons (Fsp3) is 0.529. The topological polar surface area (TPSA) is 67.0 Å². The molecule has 1 aromatic heterocycles. The number of methoxy groups -OCH3 is 1. The van der Waals surface area contributed by atoms with E-state index in [0.717, 1.165) is 42.5 Å². The number of benzene rings is 1. The molecule has 1 heterocycles. The Morgan fingerprint density at radius 1 is 1.52 bits per heavy atom. The predicted octanol–water partition coefficient (Wildman–Crippen LogP) is 3.60. The van der Waals surface area contributed by atoms with E-state index in [0.29, 0.717) is 11.6 Å². The molecule has 2 N–H and O–H groups in total. The van der Waals surface area contributed by atoms with E-state index in [-0.39, 0.29) is 17.4 Å². The van der Waals surface area contributed by atoms with Gasteiger partial charge in [0.1, 0.15) is 5.82 Å². The largest absolute Gasteiger partial charge is 0.385 e. The van der Waals surface area contributed by atoms with E-state index in [1.165, 1.54) is 0 Å². The number of carbonyl (C=O) groups excluding carboxylic acids is 1. The van der Waals surface area contributed by atoms with E-state index in [4.69, 9.17) is 16.3 Å². The van der Waals surface area contributed by atoms with Gasteiger partial charge in [0, 0.05) is 18.7 Å². The molecule has 124 valence electrons. The second-order valence-corrected chi connectivity index (χ2v) is 6.79. The van der Waals surface area contributed by atoms with E-state index in [1.54, 1.807) is 7.11 Å². The van der Waals surface area contributed by atoms with Crippen molar-refractivity contribution in [1.29, 1.82) is 0 Å². The Kier molecular flexibility index (Phi) is 4.60. The maximum atomic E-state index is 12.7. The van der Waals surface area contributed by atoms with Gasteiger partial charge in [0.2, 0.25) is 5.91 Å². The van der Waals surface area contributed by atoms with Gasteiger partial charge in [-0.1, -0.05) is 18.0 Å². The highest BCUT2D eigenvalue weighted by atomic mass is 35.5. The van der Waals surface area contributed by atoms with E-state index in [2.05, 4.69) is 15.3 Å². The van der Waals surface area contributed by atoms with E-state index < -0.39 is 0 Å². The van der Waals surface area contributed by atoms with Crippen LogP contribution in [0.2, 0.25) is 5.02 Å². The van der Waals surface area contributed by atoms with E-state index >= 15 is 0 Å². The number of nitrogens with zero attached hydrogens (tertiary/aromatic N) is 1. The zero-order valence-corrected chi connectivity index (χ0v) is 14.2. The lowest BCUT2D eigenvalue weighted by Crippen LogP contribution is -2.47. The van der Waals surface area contributed by atoms with Crippen molar-refractivity contribution in [2.75, 3.05) is 13.7 Å². The fourth-order valence-corrected chi connectivity index (χ4v) is 3.29. The molecule has 1 saturated carbocycles. The maximum absolute atomic E-state index is 12.7. The molecule has 1 aliphatic carbocycles. The highest BCUT2D eigenvalue weighted by Crippen LogP contribution is 2.44. The molecular formula is C17H22ClN3O2. The average molecular weight is 336 g/mol. The first-order valence-electron chi connectivity index (χ1n) is 7.99. The number of amides is 1. The van der Waals surface area contributed by atoms with E-state index in [9.17, 15) is 4.79 Å². The zero-order valence-electron chi connectivity index (χ0n) is 13.5. The summed E-state index contributed by atoms with van der Waals surface area (Å²) in [5.74, 6) is 0.851. The monoisotopic (exact) mass is 335 g/mol. The normalized spacial score (nSPS) is 17.7. The molecule has 0 unspecified atom stereocenters. The molecule has 0 radical (unpaired) electrons. The number of rotatable bonds is 6. The van der Waals surface area contributed by atoms with Crippen LogP contribution in [0.1, 0.15) is 44.5 Å². The SMILES string of the molecule is COCCC1(C(=O)N[C@@H](C)c2nc3ccc(Cl)cc3[nH]2)CCC1. The highest BCUT2D eigenvalue weighted by Gasteiger charge is 2.44. The lowest BCUT2D eigenvalue weighted by molar-refractivity contribution is -0.138. The molecule has 6 heteroatoms. The Bertz CT molecular complexity index is 709. The van der Waals surface area contributed by atoms with Crippen molar-refractivity contribution < 1.29 is 9.53 Å². The standard InChI is InChI=1S/C17H22ClN3O2/c1-11(15-20-13-5-4-12(18)10-14(13)21-15)19-16(22)17(6-3-7-17)8-9-23-2/h4-5,10-11H,3,6-9H2,1-2H3,(H,19,22)(H,20,21)/t11-/m0/s1. The van der Waals surface area contributed by atoms with Crippen LogP contribution in [0.3, 0.4) is 0 Å². The summed E-state index contributed by atoms with van der Waals surface area (Å²) in [6.07, 6.45) is 3.75. The molecule has 0 bridgehead atoms. The number of halogens is 1. The second-order valence-electron chi connectivity index (χ2n) is 6.36. The smallest absolute Gasteiger partial charge is 0.226 e. The minimum Gasteiger partial charge on any atom is -0.385 e. The first kappa shape index (κ1) is 16.3. The van der Waals surface area contributed by atoms with Gasteiger partial charge < -0.3 is 15.0 Å². The molecule has 3 rings (SSSR count). The van der Waals surface area contributed by atoms with Gasteiger partial charge in [-0.15, -0.1) is 0 Å². The number of aromatic amines is 1. The van der Waals surface area contributed by atoms with Gasteiger partial charge in [-0.05, 0) is 44.4 Å². The highest BCUT2D eigenvalue weighted by molar-refractivity contribution is 6.31. The molecule has 1 atom stereocenters. The number of hydrogen-bond donors (Lipinski definition) is 2. The van der Waals surface area contributed by atoms with Crippen molar-refractivity contribution in [1.82, 2.24) is 15.3 Å². The molecular weight excluding hydrogens is 314 g/mol. The number of fused-ring (bicyclic) bond motifs is 1. The number of hydrogen-bond acceptors (Lipinski definition) is 3. The van der Waals surface area contributed by atoms with Gasteiger partial charge in [0.25, 0.3) is 0 Å². The summed E-state index contributed by atoms with van der Waals surface area (Å²) in [7, 11) is 1.67. The lowest BCUT2D eigenvalue weighted by Gasteiger charge is -2.40. The van der Waals surface area contributed by atoms with Crippen LogP contribution < -0.4 is 5.32 Å². The second kappa shape index (κ2) is 6.49. The summed E-state index contributed by atoms with van der Waals surface area (Å²) < 4.78 is 5.15. The molecule has 1 aromatic carbocycles. The number of H-pyrrole nitrogens is 1. The summed E-state index contributed by atoms with van der Waals surface area (Å²) in [5, 5.41) is 3.77. The zero-order chi connectivity index (χ0) is 16.4. The number of imidazole rings is 1. The van der Waals surface area contributed by atoms with Gasteiger partial charge in [0.05, 0.1) is 22.5 Å². The van der Waals surface area contributed by atoms with Crippen LogP contribution in [0.25, 0.3) is 11.0 Å². The maximum Gasteiger partial charge on any atom is 0.226 e. The van der Waals surface area contributed by atoms with Crippen LogP contribution in [0, 0.1) is 5.41 Å². The molecule has 0 spiro atoms. The van der Waals surface area contributed by atoms with Crippen LogP contribution in [0.4, 0.5) is 0 Å². The van der Waals surface area contributed by atoms with Crippen LogP contribution in [-0.4, -0.2) is 29.6 Å². The summed E-state index contributed by atoms with van der Waals surface area (Å²) in [6, 6.07) is 5.35. The first-order chi connectivity index (χ1) is 11.0. The number of carbonyl (C=O) groups is 1. The fourth-order valence-electron chi connectivity index (χ4n) is 3.12. The Balaban J connectivity index is 1.72. The Morgan fingerprint density at radius 2 is 2.30 bits per heavy atom. The van der Waals surface area contributed by atoms with E-state index in [1.807, 2.05) is 25.1 Å². The average Bonchev–Trinajstić information content (AvgIpc) is 2.89. The third-order valence-electron chi connectivity index (χ3n) is 4.80. The molecule has 0 aliphatic heterocycles. The summed E-state index contributed by atoms with van der Waals surface area (Å²) in [4.78, 5) is 20.5. The Hall–Kier alpha value is -1.59. The molecule has 2 aromatic rings. The third-order valence-corrected chi connectivity index (χ3v) is 5.03. The van der Waals surface area contributed by atoms with Crippen molar-refractivity contribution in [2.45, 2.75) is 38.6 Å². The van der Waals surface area contributed by atoms with Crippen molar-refractivity contribution in [3.8, 4) is 0 Å². The lowest BCUT2D eigenvalue weighted by atomic mass is 9.66. The summed E-state index contributed by atoms with van der Waals surface area (Å²) in [5.41, 5.74) is 1.47. The minimum atomic E-state index is -0.264. The van der Waals surface area contributed by atoms with Crippen LogP contribution in [-0.2, 0) is 9.53 Å². The van der Waals surface area contributed by atoms with Crippen molar-refractivity contribution in [2.24, 2.45) is 5.41 Å². The molecule has 1 aliphatic rings. The van der Waals surface area contributed by atoms with Crippen molar-refractivity contribution >= 4 is 28.5 Å². The van der Waals surface area contributed by atoms with Gasteiger partial charge in [-0.2, -0.15) is 0 Å². The van der Waals surface area contributed by atoms with Gasteiger partial charge in [-0.3, -0.25) is 4.79 Å². The van der Waals surface area contributed by atoms with Crippen LogP contribution in [0.15, 0.2) is 18.2 Å². The molecule has 1 amide bonds. The Morgan fingerprint density at radius 3 is 2.96 bits per heavy atom. The number of nitrogens with one attached hydrogen (secondary N) is 2. The predicted molar refractivity (Wildman–Crippen MR) is 90.4 cm³/mol. The van der Waals surface area contributed by atoms with Crippen molar-refractivity contribution in [3.05, 3.63) is 29.0 Å². The number of aromatic nitrogens is 2. The third kappa shape index (κ3) is 3.21. The van der Waals surface area contributed by atoms with Gasteiger partial charge in [0.15, 0.2) is 0 Å². The molecule has 23 heavy (non-hydrogen) atoms. The Labute approximate surface area is 140 Å². The first-order valence-corrected chi connectivity index (χ1v) is 8.37. The van der Waals surface area contributed by atoms with Gasteiger partial charge in [-0.25, -0.2) is 4.98 Å². The summed E-state index contributed by atoms with van der Waals surface area (Å²) >= 11 is 6.00. The molecule has 0 saturated heterocycles. The molecule has 5 nitrogen and oxygen atoms in total. The minimum absolute atomic E-state index is 0.104. The summed E-state index contributed by atoms with van der Waals surface area (Å²) in [6.45, 7) is 2.56. The van der Waals surface area contributed by atoms with Crippen LogP contribution >= 0.6 is 11.6 Å². The molecule has 1 fully saturated rings.